The third-order valence-electron chi connectivity index (χ3n) is 4.37. The van der Waals surface area contributed by atoms with E-state index in [2.05, 4.69) is 25.9 Å². The highest BCUT2D eigenvalue weighted by atomic mass is 19.1. The highest BCUT2D eigenvalue weighted by molar-refractivity contribution is 5.91. The summed E-state index contributed by atoms with van der Waals surface area (Å²) in [7, 11) is 1.48. The zero-order valence-electron chi connectivity index (χ0n) is 16.3. The molecule has 0 fully saturated rings. The second-order valence-electron chi connectivity index (χ2n) is 6.38. The molecule has 0 unspecified atom stereocenters. The molecule has 0 saturated carbocycles. The fraction of sp³-hybridized carbons (Fsp3) is 0.100. The molecule has 1 amide bonds. The van der Waals surface area contributed by atoms with Gasteiger partial charge in [0.1, 0.15) is 30.1 Å². The molecule has 31 heavy (non-hydrogen) atoms. The maximum absolute atomic E-state index is 14.0. The van der Waals surface area contributed by atoms with Gasteiger partial charge in [0.15, 0.2) is 0 Å². The molecule has 2 aromatic carbocycles. The zero-order chi connectivity index (χ0) is 21.8. The number of nitrogens with one attached hydrogen (secondary N) is 1. The summed E-state index contributed by atoms with van der Waals surface area (Å²) in [6.07, 6.45) is 1.41. The number of ether oxygens (including phenoxy) is 1. The molecule has 4 rings (SSSR count). The van der Waals surface area contributed by atoms with Gasteiger partial charge in [-0.1, -0.05) is 12.1 Å². The van der Waals surface area contributed by atoms with Crippen LogP contribution in [0, 0.1) is 5.82 Å². The van der Waals surface area contributed by atoms with Crippen LogP contribution in [0.4, 0.5) is 10.1 Å². The molecule has 11 heteroatoms. The Morgan fingerprint density at radius 2 is 2.00 bits per heavy atom. The Morgan fingerprint density at radius 3 is 2.74 bits per heavy atom. The van der Waals surface area contributed by atoms with Gasteiger partial charge in [0.2, 0.25) is 5.91 Å². The van der Waals surface area contributed by atoms with Crippen LogP contribution < -0.4 is 15.6 Å². The van der Waals surface area contributed by atoms with Crippen LogP contribution in [0.3, 0.4) is 0 Å². The van der Waals surface area contributed by atoms with Crippen LogP contribution >= 0.6 is 0 Å². The fourth-order valence-corrected chi connectivity index (χ4v) is 2.93. The molecule has 0 aliphatic rings. The quantitative estimate of drug-likeness (QED) is 0.503. The number of anilines is 1. The fourth-order valence-electron chi connectivity index (χ4n) is 2.93. The monoisotopic (exact) mass is 421 g/mol. The highest BCUT2D eigenvalue weighted by Crippen LogP contribution is 2.25. The van der Waals surface area contributed by atoms with Crippen molar-refractivity contribution in [3.05, 3.63) is 77.1 Å². The number of rotatable bonds is 6. The van der Waals surface area contributed by atoms with Crippen molar-refractivity contribution in [3.8, 4) is 22.7 Å². The van der Waals surface area contributed by atoms with Crippen molar-refractivity contribution in [2.45, 2.75) is 6.54 Å². The predicted octanol–water partition coefficient (Wildman–Crippen LogP) is 1.67. The Bertz CT molecular complexity index is 1290. The number of methoxy groups -OCH3 is 1. The summed E-state index contributed by atoms with van der Waals surface area (Å²) >= 11 is 0. The lowest BCUT2D eigenvalue weighted by molar-refractivity contribution is -0.117. The number of tetrazole rings is 1. The number of carbonyl (C=O) groups excluding carboxylic acids is 1. The Labute approximate surface area is 174 Å². The van der Waals surface area contributed by atoms with Crippen molar-refractivity contribution in [2.24, 2.45) is 0 Å². The average molecular weight is 421 g/mol. The van der Waals surface area contributed by atoms with Gasteiger partial charge in [0, 0.05) is 23.4 Å². The van der Waals surface area contributed by atoms with E-state index in [0.29, 0.717) is 17.1 Å². The molecule has 0 saturated heterocycles. The van der Waals surface area contributed by atoms with E-state index in [1.54, 1.807) is 36.4 Å². The number of aromatic nitrogens is 6. The summed E-state index contributed by atoms with van der Waals surface area (Å²) in [5, 5.41) is 17.8. The molecule has 10 nitrogen and oxygen atoms in total. The Morgan fingerprint density at radius 1 is 1.16 bits per heavy atom. The van der Waals surface area contributed by atoms with Crippen LogP contribution in [0.5, 0.6) is 5.75 Å². The SMILES string of the molecule is COc1cc(NC(=O)Cn2nc(-c3ccccc3F)ccc2=O)ccc1-n1cnnn1. The molecular formula is C20H16FN7O3. The van der Waals surface area contributed by atoms with Gasteiger partial charge in [-0.2, -0.15) is 9.78 Å². The number of benzene rings is 2. The molecule has 0 spiro atoms. The third kappa shape index (κ3) is 4.29. The first-order chi connectivity index (χ1) is 15.0. The van der Waals surface area contributed by atoms with Crippen molar-refractivity contribution in [2.75, 3.05) is 12.4 Å². The lowest BCUT2D eigenvalue weighted by Crippen LogP contribution is -2.29. The standard InChI is InChI=1S/C20H16FN7O3/c1-31-18-10-13(6-8-17(18)28-12-22-25-26-28)23-19(29)11-27-20(30)9-7-16(24-27)14-4-2-3-5-15(14)21/h2-10,12H,11H2,1H3,(H,23,29). The summed E-state index contributed by atoms with van der Waals surface area (Å²) in [6.45, 7) is -0.349. The van der Waals surface area contributed by atoms with Crippen LogP contribution in [0.15, 0.2) is 65.7 Å². The van der Waals surface area contributed by atoms with Crippen molar-refractivity contribution in [1.29, 1.82) is 0 Å². The summed E-state index contributed by atoms with van der Waals surface area (Å²) in [6, 6.07) is 13.6. The summed E-state index contributed by atoms with van der Waals surface area (Å²) in [5.74, 6) is -0.529. The van der Waals surface area contributed by atoms with Gasteiger partial charge < -0.3 is 10.1 Å². The van der Waals surface area contributed by atoms with Crippen molar-refractivity contribution < 1.29 is 13.9 Å². The van der Waals surface area contributed by atoms with Gasteiger partial charge in [-0.05, 0) is 40.8 Å². The van der Waals surface area contributed by atoms with E-state index in [0.717, 1.165) is 4.68 Å². The minimum atomic E-state index is -0.488. The third-order valence-corrected chi connectivity index (χ3v) is 4.37. The smallest absolute Gasteiger partial charge is 0.267 e. The minimum Gasteiger partial charge on any atom is -0.494 e. The van der Waals surface area contributed by atoms with Gasteiger partial charge in [0.05, 0.1) is 12.8 Å². The molecule has 0 aliphatic heterocycles. The molecule has 1 N–H and O–H groups in total. The zero-order valence-corrected chi connectivity index (χ0v) is 16.3. The lowest BCUT2D eigenvalue weighted by atomic mass is 10.1. The number of amides is 1. The maximum atomic E-state index is 14.0. The van der Waals surface area contributed by atoms with Gasteiger partial charge in [-0.15, -0.1) is 5.10 Å². The second-order valence-corrected chi connectivity index (χ2v) is 6.38. The molecule has 0 radical (unpaired) electrons. The Hall–Kier alpha value is -4.41. The normalized spacial score (nSPS) is 10.6. The molecule has 156 valence electrons. The highest BCUT2D eigenvalue weighted by Gasteiger charge is 2.13. The van der Waals surface area contributed by atoms with Gasteiger partial charge in [-0.3, -0.25) is 9.59 Å². The second kappa shape index (κ2) is 8.53. The molecule has 2 heterocycles. The number of nitrogens with zero attached hydrogens (tertiary/aromatic N) is 6. The topological polar surface area (TPSA) is 117 Å². The number of hydrogen-bond acceptors (Lipinski definition) is 7. The van der Waals surface area contributed by atoms with E-state index in [1.807, 2.05) is 0 Å². The van der Waals surface area contributed by atoms with Gasteiger partial charge in [-0.25, -0.2) is 9.07 Å². The van der Waals surface area contributed by atoms with E-state index < -0.39 is 17.3 Å². The van der Waals surface area contributed by atoms with Crippen LogP contribution in [-0.4, -0.2) is 43.0 Å². The molecule has 0 bridgehead atoms. The first-order valence-corrected chi connectivity index (χ1v) is 9.09. The van der Waals surface area contributed by atoms with Crippen LogP contribution in [0.1, 0.15) is 0 Å². The van der Waals surface area contributed by atoms with Crippen LogP contribution in [0.2, 0.25) is 0 Å². The average Bonchev–Trinajstić information content (AvgIpc) is 3.30. The molecular weight excluding hydrogens is 405 g/mol. The van der Waals surface area contributed by atoms with E-state index in [9.17, 15) is 14.0 Å². The van der Waals surface area contributed by atoms with Crippen molar-refractivity contribution in [1.82, 2.24) is 30.0 Å². The van der Waals surface area contributed by atoms with E-state index in [-0.39, 0.29) is 17.8 Å². The number of hydrogen-bond donors (Lipinski definition) is 1. The van der Waals surface area contributed by atoms with Crippen LogP contribution in [-0.2, 0) is 11.3 Å². The summed E-state index contributed by atoms with van der Waals surface area (Å²) < 4.78 is 21.8. The number of carbonyl (C=O) groups is 1. The first-order valence-electron chi connectivity index (χ1n) is 9.09. The molecule has 4 aromatic rings. The minimum absolute atomic E-state index is 0.236. The summed E-state index contributed by atoms with van der Waals surface area (Å²) in [5.41, 5.74) is 1.03. The Kier molecular flexibility index (Phi) is 5.47. The molecule has 0 atom stereocenters. The van der Waals surface area contributed by atoms with E-state index in [1.165, 1.54) is 36.3 Å². The van der Waals surface area contributed by atoms with Gasteiger partial charge in [0.25, 0.3) is 5.56 Å². The number of halogens is 1. The molecule has 2 aromatic heterocycles. The van der Waals surface area contributed by atoms with E-state index >= 15 is 0 Å². The Balaban J connectivity index is 1.53. The maximum Gasteiger partial charge on any atom is 0.267 e. The van der Waals surface area contributed by atoms with Crippen LogP contribution in [0.25, 0.3) is 16.9 Å². The van der Waals surface area contributed by atoms with Crippen molar-refractivity contribution in [3.63, 3.8) is 0 Å². The summed E-state index contributed by atoms with van der Waals surface area (Å²) in [4.78, 5) is 24.6. The van der Waals surface area contributed by atoms with Gasteiger partial charge >= 0.3 is 0 Å². The van der Waals surface area contributed by atoms with E-state index in [4.69, 9.17) is 4.74 Å². The largest absolute Gasteiger partial charge is 0.494 e. The van der Waals surface area contributed by atoms with Crippen molar-refractivity contribution >= 4 is 11.6 Å². The molecule has 0 aliphatic carbocycles. The predicted molar refractivity (Wildman–Crippen MR) is 108 cm³/mol. The lowest BCUT2D eigenvalue weighted by Gasteiger charge is -2.11. The first kappa shape index (κ1) is 19.9.